The summed E-state index contributed by atoms with van der Waals surface area (Å²) in [4.78, 5) is 59.8. The number of fused-ring (bicyclic) bond motifs is 6. The standard InChI is InChI=1S/C56H78N4O7S.CH4/c1-35(2)11-9-12-36(3)44-20-21-45-43-19-16-38-32-41(24-27-55(38,4)46(43)25-28-56(44,45)5)66-54(64)59-29-10-14-39(61)17-23-52(62)67-49-15-8-7-13-37(49)31-51-60-47-22-18-40(34-50(47)68-51)65-42-26-30-58-48(33-42)53(63)57-6;/h16,18,22,26,30,33-37,41,43-46,49H,7-15,17,19-21,23-25,27-29,31-32H2,1-6H3,(H,57,63)(H,59,64);1H4/t36-,37-,41+,43?,44-,45?,46?,49+,55+,56-;/m1./s1. The molecule has 2 heterocycles. The van der Waals surface area contributed by atoms with Crippen molar-refractivity contribution < 1.29 is 33.4 Å². The van der Waals surface area contributed by atoms with E-state index in [0.717, 1.165) is 95.7 Å². The van der Waals surface area contributed by atoms with Gasteiger partial charge in [0.2, 0.25) is 0 Å². The lowest BCUT2D eigenvalue weighted by molar-refractivity contribution is -0.154. The third kappa shape index (κ3) is 12.4. The fourth-order valence-electron chi connectivity index (χ4n) is 13.8. The predicted octanol–water partition coefficient (Wildman–Crippen LogP) is 13.4. The van der Waals surface area contributed by atoms with Crippen molar-refractivity contribution in [2.24, 2.45) is 52.3 Å². The molecule has 3 aromatic rings. The van der Waals surface area contributed by atoms with Gasteiger partial charge in [0, 0.05) is 63.5 Å². The highest BCUT2D eigenvalue weighted by Gasteiger charge is 2.59. The van der Waals surface area contributed by atoms with E-state index in [9.17, 15) is 19.2 Å². The van der Waals surface area contributed by atoms with Gasteiger partial charge in [-0.15, -0.1) is 11.3 Å². The number of hydrogen-bond acceptors (Lipinski definition) is 10. The van der Waals surface area contributed by atoms with E-state index in [1.807, 2.05) is 18.2 Å². The van der Waals surface area contributed by atoms with Gasteiger partial charge in [-0.25, -0.2) is 9.78 Å². The summed E-state index contributed by atoms with van der Waals surface area (Å²) in [6.07, 6.45) is 22.5. The lowest BCUT2D eigenvalue weighted by Crippen LogP contribution is -2.51. The van der Waals surface area contributed by atoms with Crippen molar-refractivity contribution in [1.29, 1.82) is 0 Å². The summed E-state index contributed by atoms with van der Waals surface area (Å²) in [7, 11) is 1.56. The summed E-state index contributed by atoms with van der Waals surface area (Å²) < 4.78 is 19.0. The number of benzene rings is 1. The van der Waals surface area contributed by atoms with Crippen LogP contribution in [-0.4, -0.2) is 59.5 Å². The molecule has 2 amide bonds. The first-order valence-electron chi connectivity index (χ1n) is 26.3. The first kappa shape index (κ1) is 52.5. The number of alkyl carbamates (subject to hydrolysis) is 1. The molecule has 10 atom stereocenters. The maximum atomic E-state index is 13.0. The number of ether oxygens (including phenoxy) is 3. The molecule has 0 saturated heterocycles. The van der Waals surface area contributed by atoms with Crippen molar-refractivity contribution in [3.8, 4) is 11.5 Å². The zero-order chi connectivity index (χ0) is 48.0. The molecule has 0 bridgehead atoms. The number of allylic oxidation sites excluding steroid dienone is 1. The molecule has 0 aliphatic heterocycles. The minimum absolute atomic E-state index is 0. The predicted molar refractivity (Wildman–Crippen MR) is 274 cm³/mol. The Hall–Kier alpha value is -4.32. The molecule has 4 fully saturated rings. The normalized spacial score (nSPS) is 28.8. The monoisotopic (exact) mass is 967 g/mol. The van der Waals surface area contributed by atoms with Crippen molar-refractivity contribution >= 4 is 45.3 Å². The first-order valence-corrected chi connectivity index (χ1v) is 27.1. The van der Waals surface area contributed by atoms with E-state index in [2.05, 4.69) is 56.3 Å². The highest BCUT2D eigenvalue weighted by molar-refractivity contribution is 7.18. The molecule has 0 radical (unpaired) electrons. The number of ketones is 1. The van der Waals surface area contributed by atoms with Crippen molar-refractivity contribution in [3.63, 3.8) is 0 Å². The van der Waals surface area contributed by atoms with Crippen LogP contribution in [0.1, 0.15) is 180 Å². The zero-order valence-electron chi connectivity index (χ0n) is 41.7. The van der Waals surface area contributed by atoms with Gasteiger partial charge in [-0.2, -0.15) is 0 Å². The van der Waals surface area contributed by atoms with Crippen LogP contribution in [0.15, 0.2) is 48.2 Å². The fourth-order valence-corrected chi connectivity index (χ4v) is 14.9. The molecule has 12 heteroatoms. The van der Waals surface area contributed by atoms with E-state index in [1.165, 1.54) is 56.9 Å². The third-order valence-electron chi connectivity index (χ3n) is 17.4. The van der Waals surface area contributed by atoms with Crippen molar-refractivity contribution in [2.45, 2.75) is 183 Å². The number of carbonyl (C=O) groups excluding carboxylic acids is 4. The van der Waals surface area contributed by atoms with Gasteiger partial charge in [0.15, 0.2) is 0 Å². The van der Waals surface area contributed by atoms with Crippen LogP contribution in [-0.2, 0) is 25.5 Å². The van der Waals surface area contributed by atoms with E-state index in [4.69, 9.17) is 19.2 Å². The largest absolute Gasteiger partial charge is 0.462 e. The molecule has 0 spiro atoms. The molecule has 8 rings (SSSR count). The number of rotatable bonds is 19. The molecule has 69 heavy (non-hydrogen) atoms. The second kappa shape index (κ2) is 23.3. The Morgan fingerprint density at radius 3 is 2.49 bits per heavy atom. The molecule has 11 nitrogen and oxygen atoms in total. The van der Waals surface area contributed by atoms with Gasteiger partial charge in [-0.1, -0.05) is 79.4 Å². The minimum atomic E-state index is -0.400. The Labute approximate surface area is 416 Å². The van der Waals surface area contributed by atoms with E-state index < -0.39 is 6.09 Å². The van der Waals surface area contributed by atoms with Crippen LogP contribution in [0.5, 0.6) is 11.5 Å². The van der Waals surface area contributed by atoms with E-state index >= 15 is 0 Å². The van der Waals surface area contributed by atoms with Crippen molar-refractivity contribution in [1.82, 2.24) is 20.6 Å². The van der Waals surface area contributed by atoms with Crippen LogP contribution in [0, 0.1) is 52.3 Å². The van der Waals surface area contributed by atoms with E-state index in [1.54, 1.807) is 36.7 Å². The second-order valence-electron chi connectivity index (χ2n) is 22.2. The minimum Gasteiger partial charge on any atom is -0.462 e. The summed E-state index contributed by atoms with van der Waals surface area (Å²) in [5.74, 6) is 5.50. The van der Waals surface area contributed by atoms with Gasteiger partial charge < -0.3 is 24.8 Å². The van der Waals surface area contributed by atoms with Crippen molar-refractivity contribution in [2.75, 3.05) is 13.6 Å². The Morgan fingerprint density at radius 1 is 0.870 bits per heavy atom. The number of thiazole rings is 1. The number of aromatic nitrogens is 2. The molecular weight excluding hydrogens is 885 g/mol. The maximum Gasteiger partial charge on any atom is 0.407 e. The summed E-state index contributed by atoms with van der Waals surface area (Å²) >= 11 is 1.60. The SMILES string of the molecule is C.CNC(=O)c1cc(Oc2ccc3nc(C[C@H]4CCCC[C@@H]4OC(=O)CCC(=O)CCCNC(=O)O[C@H]4CC[C@@]5(C)C(=CCC6C5CC[C@@]5(C)C6CC[C@@H]5[C@H](C)CCCC(C)C)C4)sc3c2)ccn1. The average Bonchev–Trinajstić information content (AvgIpc) is 3.90. The molecule has 5 aliphatic rings. The highest BCUT2D eigenvalue weighted by atomic mass is 32.1. The summed E-state index contributed by atoms with van der Waals surface area (Å²) in [6.45, 7) is 12.8. The molecule has 2 aromatic heterocycles. The van der Waals surface area contributed by atoms with Crippen molar-refractivity contribution in [3.05, 3.63) is 58.9 Å². The smallest absolute Gasteiger partial charge is 0.407 e. The van der Waals surface area contributed by atoms with Gasteiger partial charge in [0.1, 0.15) is 35.2 Å². The number of amides is 2. The number of pyridine rings is 1. The molecule has 4 saturated carbocycles. The molecule has 2 N–H and O–H groups in total. The number of nitrogens with one attached hydrogen (secondary N) is 2. The number of nitrogens with zero attached hydrogens (tertiary/aromatic N) is 2. The molecule has 3 unspecified atom stereocenters. The molecule has 1 aromatic carbocycles. The van der Waals surface area contributed by atoms with Gasteiger partial charge in [-0.05, 0) is 135 Å². The van der Waals surface area contributed by atoms with Crippen LogP contribution >= 0.6 is 11.3 Å². The Kier molecular flexibility index (Phi) is 17.7. The third-order valence-corrected chi connectivity index (χ3v) is 18.5. The van der Waals surface area contributed by atoms with Crippen LogP contribution in [0.25, 0.3) is 10.2 Å². The second-order valence-corrected chi connectivity index (χ2v) is 23.3. The summed E-state index contributed by atoms with van der Waals surface area (Å²) in [5, 5.41) is 6.45. The molecule has 378 valence electrons. The lowest BCUT2D eigenvalue weighted by atomic mass is 9.47. The summed E-state index contributed by atoms with van der Waals surface area (Å²) in [5.41, 5.74) is 3.35. The fraction of sp³-hybridized carbons (Fsp3) is 0.684. The zero-order valence-corrected chi connectivity index (χ0v) is 42.6. The maximum absolute atomic E-state index is 13.0. The van der Waals surface area contributed by atoms with Crippen LogP contribution in [0.3, 0.4) is 0 Å². The number of Topliss-reactive ketones (excluding diaryl/α,β-unsaturated/α-hetero) is 1. The lowest BCUT2D eigenvalue weighted by Gasteiger charge is -2.58. The number of hydrogen-bond donors (Lipinski definition) is 2. The van der Waals surface area contributed by atoms with Gasteiger partial charge >= 0.3 is 12.1 Å². The Morgan fingerprint density at radius 2 is 1.68 bits per heavy atom. The van der Waals surface area contributed by atoms with E-state index in [-0.39, 0.29) is 67.2 Å². The summed E-state index contributed by atoms with van der Waals surface area (Å²) in [6, 6.07) is 9.05. The number of carbonyl (C=O) groups is 4. The number of esters is 1. The van der Waals surface area contributed by atoms with Crippen LogP contribution in [0.4, 0.5) is 4.79 Å². The highest BCUT2D eigenvalue weighted by Crippen LogP contribution is 2.67. The topological polar surface area (TPSA) is 146 Å². The van der Waals surface area contributed by atoms with Gasteiger partial charge in [-0.3, -0.25) is 19.4 Å². The molecular formula is C57H82N4O7S. The quantitative estimate of drug-likeness (QED) is 0.0681. The Balaban J connectivity index is 0.00000703. The van der Waals surface area contributed by atoms with Gasteiger partial charge in [0.05, 0.1) is 21.6 Å². The van der Waals surface area contributed by atoms with Crippen LogP contribution in [0.2, 0.25) is 0 Å². The van der Waals surface area contributed by atoms with E-state index in [0.29, 0.717) is 42.7 Å². The molecule has 5 aliphatic carbocycles. The Bertz CT molecular complexity index is 2290. The van der Waals surface area contributed by atoms with Crippen LogP contribution < -0.4 is 15.4 Å². The van der Waals surface area contributed by atoms with Gasteiger partial charge in [0.25, 0.3) is 5.91 Å². The first-order chi connectivity index (χ1) is 32.7. The average molecular weight is 967 g/mol.